The third kappa shape index (κ3) is 4.83. The van der Waals surface area contributed by atoms with Gasteiger partial charge in [0.1, 0.15) is 5.82 Å². The summed E-state index contributed by atoms with van der Waals surface area (Å²) in [5, 5.41) is 0.154. The predicted molar refractivity (Wildman–Crippen MR) is 83.7 cm³/mol. The number of aryl methyl sites for hydroxylation is 1. The highest BCUT2D eigenvalue weighted by Gasteiger charge is 2.17. The van der Waals surface area contributed by atoms with Gasteiger partial charge in [-0.2, -0.15) is 0 Å². The molecule has 0 amide bonds. The molecule has 0 aliphatic heterocycles. The Kier molecular flexibility index (Phi) is 5.37. The molecule has 5 heteroatoms. The number of hydrogen-bond donors (Lipinski definition) is 0. The van der Waals surface area contributed by atoms with Crippen molar-refractivity contribution in [3.05, 3.63) is 70.5 Å². The van der Waals surface area contributed by atoms with Gasteiger partial charge in [0.25, 0.3) is 0 Å². The number of halogens is 2. The van der Waals surface area contributed by atoms with E-state index in [0.29, 0.717) is 12.8 Å². The van der Waals surface area contributed by atoms with E-state index in [2.05, 4.69) is 0 Å². The van der Waals surface area contributed by atoms with E-state index in [1.54, 1.807) is 0 Å². The lowest BCUT2D eigenvalue weighted by Crippen LogP contribution is -2.11. The van der Waals surface area contributed by atoms with Crippen LogP contribution in [0.3, 0.4) is 0 Å². The van der Waals surface area contributed by atoms with Crippen molar-refractivity contribution in [2.75, 3.05) is 5.75 Å². The van der Waals surface area contributed by atoms with Gasteiger partial charge < -0.3 is 0 Å². The first kappa shape index (κ1) is 16.0. The summed E-state index contributed by atoms with van der Waals surface area (Å²) in [4.78, 5) is 0. The van der Waals surface area contributed by atoms with Gasteiger partial charge >= 0.3 is 0 Å². The number of rotatable bonds is 6. The van der Waals surface area contributed by atoms with E-state index in [1.807, 2.05) is 30.3 Å². The highest BCUT2D eigenvalue weighted by Crippen LogP contribution is 2.22. The van der Waals surface area contributed by atoms with Crippen LogP contribution in [0.2, 0.25) is 5.02 Å². The van der Waals surface area contributed by atoms with Gasteiger partial charge in [0, 0.05) is 10.6 Å². The summed E-state index contributed by atoms with van der Waals surface area (Å²) in [6.45, 7) is 0. The van der Waals surface area contributed by atoms with Crippen LogP contribution in [0.1, 0.15) is 17.5 Å². The van der Waals surface area contributed by atoms with Crippen LogP contribution in [0.5, 0.6) is 0 Å². The zero-order valence-corrected chi connectivity index (χ0v) is 13.0. The van der Waals surface area contributed by atoms with Crippen LogP contribution in [0, 0.1) is 5.82 Å². The summed E-state index contributed by atoms with van der Waals surface area (Å²) in [6.07, 6.45) is 1.20. The van der Waals surface area contributed by atoms with E-state index in [-0.39, 0.29) is 22.1 Å². The molecule has 0 aliphatic carbocycles. The smallest absolute Gasteiger partial charge is 0.154 e. The van der Waals surface area contributed by atoms with Gasteiger partial charge in [0.05, 0.1) is 11.5 Å². The summed E-state index contributed by atoms with van der Waals surface area (Å²) < 4.78 is 37.8. The topological polar surface area (TPSA) is 34.1 Å². The lowest BCUT2D eigenvalue weighted by Gasteiger charge is -2.07. The van der Waals surface area contributed by atoms with Gasteiger partial charge in [-0.15, -0.1) is 0 Å². The molecule has 0 spiro atoms. The first-order valence-corrected chi connectivity index (χ1v) is 8.85. The van der Waals surface area contributed by atoms with Crippen LogP contribution in [0.4, 0.5) is 4.39 Å². The minimum Gasteiger partial charge on any atom is -0.228 e. The SMILES string of the molecule is O=S(=O)(CCCc1ccccc1)Cc1c(F)cccc1Cl. The number of sulfone groups is 1. The van der Waals surface area contributed by atoms with Gasteiger partial charge in [0.2, 0.25) is 0 Å². The first-order chi connectivity index (χ1) is 9.98. The molecule has 0 heterocycles. The van der Waals surface area contributed by atoms with Crippen molar-refractivity contribution < 1.29 is 12.8 Å². The first-order valence-electron chi connectivity index (χ1n) is 6.65. The zero-order valence-electron chi connectivity index (χ0n) is 11.4. The molecule has 112 valence electrons. The van der Waals surface area contributed by atoms with Crippen molar-refractivity contribution in [3.8, 4) is 0 Å². The van der Waals surface area contributed by atoms with Gasteiger partial charge in [0.15, 0.2) is 9.84 Å². The molecule has 0 aliphatic rings. The van der Waals surface area contributed by atoms with Gasteiger partial charge in [-0.25, -0.2) is 12.8 Å². The summed E-state index contributed by atoms with van der Waals surface area (Å²) >= 11 is 5.86. The van der Waals surface area contributed by atoms with E-state index in [4.69, 9.17) is 11.6 Å². The molecule has 0 aromatic heterocycles. The fraction of sp³-hybridized carbons (Fsp3) is 0.250. The second-order valence-corrected chi connectivity index (χ2v) is 7.47. The lowest BCUT2D eigenvalue weighted by atomic mass is 10.1. The van der Waals surface area contributed by atoms with E-state index in [1.165, 1.54) is 18.2 Å². The maximum atomic E-state index is 13.6. The Bertz CT molecular complexity index is 679. The predicted octanol–water partition coefficient (Wildman–Crippen LogP) is 4.03. The normalized spacial score (nSPS) is 11.5. The maximum absolute atomic E-state index is 13.6. The van der Waals surface area contributed by atoms with Crippen molar-refractivity contribution in [2.24, 2.45) is 0 Å². The lowest BCUT2D eigenvalue weighted by molar-refractivity contribution is 0.585. The van der Waals surface area contributed by atoms with E-state index in [9.17, 15) is 12.8 Å². The number of hydrogen-bond acceptors (Lipinski definition) is 2. The minimum atomic E-state index is -3.37. The largest absolute Gasteiger partial charge is 0.228 e. The fourth-order valence-corrected chi connectivity index (χ4v) is 3.87. The van der Waals surface area contributed by atoms with Crippen molar-refractivity contribution in [3.63, 3.8) is 0 Å². The molecular formula is C16H16ClFO2S. The molecule has 0 atom stereocenters. The zero-order chi connectivity index (χ0) is 15.3. The van der Waals surface area contributed by atoms with E-state index >= 15 is 0 Å². The Labute approximate surface area is 129 Å². The molecule has 2 rings (SSSR count). The summed E-state index contributed by atoms with van der Waals surface area (Å²) in [6, 6.07) is 13.9. The molecule has 0 saturated carbocycles. The Morgan fingerprint density at radius 3 is 2.38 bits per heavy atom. The average molecular weight is 327 g/mol. The molecule has 0 unspecified atom stereocenters. The van der Waals surface area contributed by atoms with Gasteiger partial charge in [-0.05, 0) is 30.5 Å². The third-order valence-electron chi connectivity index (χ3n) is 3.19. The second-order valence-electron chi connectivity index (χ2n) is 4.88. The molecule has 0 N–H and O–H groups in total. The Hall–Kier alpha value is -1.39. The Morgan fingerprint density at radius 2 is 1.71 bits per heavy atom. The van der Waals surface area contributed by atoms with Crippen molar-refractivity contribution in [1.82, 2.24) is 0 Å². The summed E-state index contributed by atoms with van der Waals surface area (Å²) in [5.74, 6) is -0.908. The van der Waals surface area contributed by atoms with Gasteiger partial charge in [-0.1, -0.05) is 48.0 Å². The minimum absolute atomic E-state index is 0.0204. The van der Waals surface area contributed by atoms with Crippen molar-refractivity contribution in [1.29, 1.82) is 0 Å². The van der Waals surface area contributed by atoms with Crippen molar-refractivity contribution >= 4 is 21.4 Å². The molecule has 0 saturated heterocycles. The van der Waals surface area contributed by atoms with Crippen LogP contribution >= 0.6 is 11.6 Å². The summed E-state index contributed by atoms with van der Waals surface area (Å²) in [5.41, 5.74) is 1.15. The maximum Gasteiger partial charge on any atom is 0.154 e. The molecule has 0 radical (unpaired) electrons. The van der Waals surface area contributed by atoms with Crippen LogP contribution in [0.15, 0.2) is 48.5 Å². The third-order valence-corrected chi connectivity index (χ3v) is 5.18. The highest BCUT2D eigenvalue weighted by atomic mass is 35.5. The molecule has 21 heavy (non-hydrogen) atoms. The quantitative estimate of drug-likeness (QED) is 0.803. The molecule has 2 nitrogen and oxygen atoms in total. The molecule has 2 aromatic carbocycles. The van der Waals surface area contributed by atoms with Gasteiger partial charge in [-0.3, -0.25) is 0 Å². The van der Waals surface area contributed by atoms with Crippen LogP contribution in [-0.2, 0) is 22.0 Å². The summed E-state index contributed by atoms with van der Waals surface area (Å²) in [7, 11) is -3.37. The van der Waals surface area contributed by atoms with E-state index in [0.717, 1.165) is 5.56 Å². The monoisotopic (exact) mass is 326 g/mol. The Morgan fingerprint density at radius 1 is 1.00 bits per heavy atom. The molecule has 0 fully saturated rings. The average Bonchev–Trinajstić information content (AvgIpc) is 2.44. The second kappa shape index (κ2) is 7.05. The molecule has 0 bridgehead atoms. The number of benzene rings is 2. The van der Waals surface area contributed by atoms with E-state index < -0.39 is 15.7 Å². The Balaban J connectivity index is 1.96. The van der Waals surface area contributed by atoms with Crippen LogP contribution in [0.25, 0.3) is 0 Å². The van der Waals surface area contributed by atoms with Crippen LogP contribution < -0.4 is 0 Å². The molecular weight excluding hydrogens is 311 g/mol. The van der Waals surface area contributed by atoms with Crippen LogP contribution in [-0.4, -0.2) is 14.2 Å². The van der Waals surface area contributed by atoms with Crippen molar-refractivity contribution in [2.45, 2.75) is 18.6 Å². The fourth-order valence-electron chi connectivity index (χ4n) is 2.10. The highest BCUT2D eigenvalue weighted by molar-refractivity contribution is 7.90. The molecule has 2 aromatic rings. The standard InChI is InChI=1S/C16H16ClFO2S/c17-15-9-4-10-16(18)14(15)12-21(19,20)11-5-8-13-6-2-1-3-7-13/h1-4,6-7,9-10H,5,8,11-12H2.